The average molecular weight is 476 g/mol. The van der Waals surface area contributed by atoms with Gasteiger partial charge in [-0.05, 0) is 42.5 Å². The minimum Gasteiger partial charge on any atom is -0.379 e. The van der Waals surface area contributed by atoms with Gasteiger partial charge in [0.25, 0.3) is 5.91 Å². The molecule has 0 spiro atoms. The van der Waals surface area contributed by atoms with Crippen LogP contribution in [0.5, 0.6) is 0 Å². The third-order valence-corrected chi connectivity index (χ3v) is 7.04. The van der Waals surface area contributed by atoms with E-state index >= 15 is 0 Å². The van der Waals surface area contributed by atoms with Gasteiger partial charge in [-0.25, -0.2) is 8.42 Å². The predicted molar refractivity (Wildman–Crippen MR) is 113 cm³/mol. The molecule has 1 aromatic heterocycles. The predicted octanol–water partition coefficient (Wildman–Crippen LogP) is 3.27. The number of halogens is 1. The molecule has 1 N–H and O–H groups in total. The van der Waals surface area contributed by atoms with Crippen LogP contribution in [-0.2, 0) is 14.8 Å². The first kappa shape index (κ1) is 20.0. The van der Waals surface area contributed by atoms with Crippen molar-refractivity contribution >= 4 is 48.5 Å². The first-order chi connectivity index (χ1) is 13.9. The number of nitrogens with zero attached hydrogens (tertiary/aromatic N) is 2. The van der Waals surface area contributed by atoms with Crippen LogP contribution in [0.25, 0.3) is 10.9 Å². The van der Waals surface area contributed by atoms with E-state index in [1.807, 2.05) is 18.2 Å². The Balaban J connectivity index is 1.62. The Morgan fingerprint density at radius 2 is 1.90 bits per heavy atom. The molecule has 2 aromatic carbocycles. The molecule has 150 valence electrons. The largest absolute Gasteiger partial charge is 0.379 e. The number of hydrogen-bond donors (Lipinski definition) is 1. The minimum absolute atomic E-state index is 0.0920. The number of anilines is 1. The summed E-state index contributed by atoms with van der Waals surface area (Å²) in [6, 6.07) is 13.4. The lowest BCUT2D eigenvalue weighted by atomic mass is 10.1. The van der Waals surface area contributed by atoms with Crippen LogP contribution in [0.1, 0.15) is 10.4 Å². The van der Waals surface area contributed by atoms with Gasteiger partial charge in [0.1, 0.15) is 0 Å². The van der Waals surface area contributed by atoms with Gasteiger partial charge in [-0.1, -0.05) is 22.0 Å². The summed E-state index contributed by atoms with van der Waals surface area (Å²) < 4.78 is 33.2. The maximum absolute atomic E-state index is 12.9. The number of rotatable bonds is 4. The van der Waals surface area contributed by atoms with Crippen molar-refractivity contribution in [2.45, 2.75) is 4.90 Å². The first-order valence-electron chi connectivity index (χ1n) is 8.99. The zero-order chi connectivity index (χ0) is 20.4. The van der Waals surface area contributed by atoms with Crippen LogP contribution in [0, 0.1) is 0 Å². The number of hydrogen-bond acceptors (Lipinski definition) is 5. The number of carbonyl (C=O) groups is 1. The van der Waals surface area contributed by atoms with Crippen molar-refractivity contribution in [1.82, 2.24) is 9.29 Å². The van der Waals surface area contributed by atoms with Gasteiger partial charge in [-0.3, -0.25) is 9.78 Å². The molecule has 0 unspecified atom stereocenters. The van der Waals surface area contributed by atoms with Crippen molar-refractivity contribution in [3.63, 3.8) is 0 Å². The summed E-state index contributed by atoms with van der Waals surface area (Å²) in [7, 11) is -3.67. The van der Waals surface area contributed by atoms with E-state index < -0.39 is 15.9 Å². The minimum atomic E-state index is -3.67. The van der Waals surface area contributed by atoms with E-state index in [4.69, 9.17) is 4.74 Å². The van der Waals surface area contributed by atoms with Gasteiger partial charge < -0.3 is 10.1 Å². The van der Waals surface area contributed by atoms with E-state index in [0.29, 0.717) is 32.0 Å². The Morgan fingerprint density at radius 3 is 2.69 bits per heavy atom. The maximum Gasteiger partial charge on any atom is 0.255 e. The number of benzene rings is 2. The standard InChI is InChI=1S/C20H18BrN3O4S/c21-15-4-5-18-17(13-15)19(6-7-22-18)23-20(25)14-2-1-3-16(12-14)29(26,27)24-8-10-28-11-9-24/h1-7,12-13H,8-11H2,(H,22,23,25). The van der Waals surface area contributed by atoms with Crippen LogP contribution in [0.3, 0.4) is 0 Å². The van der Waals surface area contributed by atoms with Gasteiger partial charge in [0, 0.05) is 34.7 Å². The molecule has 29 heavy (non-hydrogen) atoms. The molecule has 0 atom stereocenters. The number of aromatic nitrogens is 1. The van der Waals surface area contributed by atoms with E-state index in [9.17, 15) is 13.2 Å². The fraction of sp³-hybridized carbons (Fsp3) is 0.200. The number of ether oxygens (including phenoxy) is 1. The normalized spacial score (nSPS) is 15.3. The van der Waals surface area contributed by atoms with Crippen molar-refractivity contribution in [2.24, 2.45) is 0 Å². The highest BCUT2D eigenvalue weighted by atomic mass is 79.9. The smallest absolute Gasteiger partial charge is 0.255 e. The molecule has 2 heterocycles. The van der Waals surface area contributed by atoms with Crippen LogP contribution in [0.4, 0.5) is 5.69 Å². The highest BCUT2D eigenvalue weighted by Gasteiger charge is 2.27. The Kier molecular flexibility index (Phi) is 5.64. The molecule has 0 bridgehead atoms. The van der Waals surface area contributed by atoms with E-state index in [1.165, 1.54) is 16.4 Å². The maximum atomic E-state index is 12.9. The molecule has 3 aromatic rings. The Morgan fingerprint density at radius 1 is 1.10 bits per heavy atom. The lowest BCUT2D eigenvalue weighted by Gasteiger charge is -2.26. The van der Waals surface area contributed by atoms with Gasteiger partial charge in [0.15, 0.2) is 0 Å². The monoisotopic (exact) mass is 475 g/mol. The molecule has 1 saturated heterocycles. The molecule has 4 rings (SSSR count). The highest BCUT2D eigenvalue weighted by molar-refractivity contribution is 9.10. The Labute approximate surface area is 176 Å². The van der Waals surface area contributed by atoms with E-state index in [0.717, 1.165) is 15.4 Å². The quantitative estimate of drug-likeness (QED) is 0.625. The van der Waals surface area contributed by atoms with E-state index in [1.54, 1.807) is 24.4 Å². The van der Waals surface area contributed by atoms with Crippen molar-refractivity contribution < 1.29 is 17.9 Å². The second-order valence-electron chi connectivity index (χ2n) is 6.52. The van der Waals surface area contributed by atoms with Gasteiger partial charge in [0.05, 0.1) is 29.3 Å². The molecule has 1 amide bonds. The third-order valence-electron chi connectivity index (χ3n) is 4.66. The zero-order valence-electron chi connectivity index (χ0n) is 15.3. The summed E-state index contributed by atoms with van der Waals surface area (Å²) in [5, 5.41) is 3.64. The Bertz CT molecular complexity index is 1180. The van der Waals surface area contributed by atoms with Crippen LogP contribution < -0.4 is 5.32 Å². The van der Waals surface area contributed by atoms with Crippen molar-refractivity contribution in [3.8, 4) is 0 Å². The highest BCUT2D eigenvalue weighted by Crippen LogP contribution is 2.26. The molecule has 1 aliphatic rings. The van der Waals surface area contributed by atoms with Gasteiger partial charge >= 0.3 is 0 Å². The molecule has 0 saturated carbocycles. The van der Waals surface area contributed by atoms with E-state index in [-0.39, 0.29) is 10.5 Å². The molecule has 0 aliphatic carbocycles. The number of fused-ring (bicyclic) bond motifs is 1. The summed E-state index contributed by atoms with van der Waals surface area (Å²) >= 11 is 3.43. The summed E-state index contributed by atoms with van der Waals surface area (Å²) in [6.07, 6.45) is 1.62. The second-order valence-corrected chi connectivity index (χ2v) is 9.37. The Hall–Kier alpha value is -2.33. The van der Waals surface area contributed by atoms with Gasteiger partial charge in [-0.15, -0.1) is 0 Å². The van der Waals surface area contributed by atoms with Crippen molar-refractivity contribution in [2.75, 3.05) is 31.6 Å². The number of amides is 1. The van der Waals surface area contributed by atoms with Crippen LogP contribution in [-0.4, -0.2) is 49.9 Å². The number of sulfonamides is 1. The summed E-state index contributed by atoms with van der Waals surface area (Å²) in [4.78, 5) is 17.2. The van der Waals surface area contributed by atoms with Gasteiger partial charge in [0.2, 0.25) is 10.0 Å². The van der Waals surface area contributed by atoms with E-state index in [2.05, 4.69) is 26.2 Å². The molecular formula is C20H18BrN3O4S. The molecule has 0 radical (unpaired) electrons. The molecule has 1 fully saturated rings. The molecular weight excluding hydrogens is 458 g/mol. The van der Waals surface area contributed by atoms with Crippen molar-refractivity contribution in [3.05, 3.63) is 64.8 Å². The van der Waals surface area contributed by atoms with Crippen LogP contribution >= 0.6 is 15.9 Å². The number of pyridine rings is 1. The zero-order valence-corrected chi connectivity index (χ0v) is 17.7. The SMILES string of the molecule is O=C(Nc1ccnc2ccc(Br)cc12)c1cccc(S(=O)(=O)N2CCOCC2)c1. The lowest BCUT2D eigenvalue weighted by Crippen LogP contribution is -2.40. The molecule has 7 nitrogen and oxygen atoms in total. The lowest BCUT2D eigenvalue weighted by molar-refractivity contribution is 0.0730. The third kappa shape index (κ3) is 4.18. The van der Waals surface area contributed by atoms with Crippen LogP contribution in [0.2, 0.25) is 0 Å². The number of morpholine rings is 1. The van der Waals surface area contributed by atoms with Crippen LogP contribution in [0.15, 0.2) is 64.1 Å². The topological polar surface area (TPSA) is 88.6 Å². The van der Waals surface area contributed by atoms with Gasteiger partial charge in [-0.2, -0.15) is 4.31 Å². The summed E-state index contributed by atoms with van der Waals surface area (Å²) in [6.45, 7) is 1.33. The fourth-order valence-electron chi connectivity index (χ4n) is 3.16. The fourth-order valence-corrected chi connectivity index (χ4v) is 4.97. The first-order valence-corrected chi connectivity index (χ1v) is 11.2. The summed E-state index contributed by atoms with van der Waals surface area (Å²) in [5.74, 6) is -0.392. The number of carbonyl (C=O) groups excluding carboxylic acids is 1. The van der Waals surface area contributed by atoms with Crippen molar-refractivity contribution in [1.29, 1.82) is 0 Å². The molecule has 9 heteroatoms. The summed E-state index contributed by atoms with van der Waals surface area (Å²) in [5.41, 5.74) is 1.61. The molecule has 1 aliphatic heterocycles. The number of nitrogens with one attached hydrogen (secondary N) is 1. The second kappa shape index (κ2) is 8.19. The average Bonchev–Trinajstić information content (AvgIpc) is 2.75.